The van der Waals surface area contributed by atoms with Gasteiger partial charge in [-0.15, -0.1) is 6.58 Å². The van der Waals surface area contributed by atoms with E-state index in [1.54, 1.807) is 7.11 Å². The Bertz CT molecular complexity index is 933. The number of aliphatic hydroxyl groups excluding tert-OH is 1. The Labute approximate surface area is 166 Å². The second-order valence-electron chi connectivity index (χ2n) is 6.74. The molecule has 0 aliphatic carbocycles. The van der Waals surface area contributed by atoms with Crippen molar-refractivity contribution < 1.29 is 14.6 Å². The molecule has 1 heterocycles. The van der Waals surface area contributed by atoms with Crippen LogP contribution < -0.4 is 9.47 Å². The maximum atomic E-state index is 10.5. The van der Waals surface area contributed by atoms with Gasteiger partial charge in [0.05, 0.1) is 24.7 Å². The van der Waals surface area contributed by atoms with E-state index < -0.39 is 6.10 Å². The molecule has 0 aliphatic heterocycles. The highest BCUT2D eigenvalue weighted by Gasteiger charge is 2.17. The maximum Gasteiger partial charge on any atom is 0.161 e. The Morgan fingerprint density at radius 2 is 2.04 bits per heavy atom. The minimum atomic E-state index is -0.579. The third kappa shape index (κ3) is 4.37. The van der Waals surface area contributed by atoms with E-state index in [-0.39, 0.29) is 0 Å². The summed E-state index contributed by atoms with van der Waals surface area (Å²) in [4.78, 5) is 4.65. The van der Waals surface area contributed by atoms with E-state index in [1.165, 1.54) is 0 Å². The zero-order valence-electron chi connectivity index (χ0n) is 16.6. The van der Waals surface area contributed by atoms with Crippen LogP contribution in [0.15, 0.2) is 55.1 Å². The zero-order valence-corrected chi connectivity index (χ0v) is 16.6. The molecule has 0 spiro atoms. The van der Waals surface area contributed by atoms with Gasteiger partial charge in [-0.05, 0) is 42.7 Å². The highest BCUT2D eigenvalue weighted by Crippen LogP contribution is 2.29. The number of aliphatic hydroxyl groups is 1. The summed E-state index contributed by atoms with van der Waals surface area (Å²) in [5.74, 6) is 2.11. The van der Waals surface area contributed by atoms with Crippen LogP contribution in [0.2, 0.25) is 0 Å². The summed E-state index contributed by atoms with van der Waals surface area (Å²) in [6, 6.07) is 13.9. The van der Waals surface area contributed by atoms with Gasteiger partial charge < -0.3 is 19.1 Å². The molecule has 0 fully saturated rings. The van der Waals surface area contributed by atoms with Gasteiger partial charge in [-0.25, -0.2) is 4.98 Å². The van der Waals surface area contributed by atoms with Gasteiger partial charge in [0, 0.05) is 0 Å². The van der Waals surface area contributed by atoms with E-state index in [0.717, 1.165) is 29.4 Å². The average Bonchev–Trinajstić information content (AvgIpc) is 3.08. The first-order valence-electron chi connectivity index (χ1n) is 9.71. The molecule has 0 radical (unpaired) electrons. The lowest BCUT2D eigenvalue weighted by Gasteiger charge is -2.15. The second kappa shape index (κ2) is 9.42. The fourth-order valence-electron chi connectivity index (χ4n) is 3.36. The first-order valence-corrected chi connectivity index (χ1v) is 9.71. The van der Waals surface area contributed by atoms with Gasteiger partial charge in [0.1, 0.15) is 18.5 Å². The zero-order chi connectivity index (χ0) is 19.9. The number of nitrogens with zero attached hydrogens (tertiary/aromatic N) is 2. The Morgan fingerprint density at radius 1 is 1.21 bits per heavy atom. The first-order chi connectivity index (χ1) is 13.7. The molecule has 0 amide bonds. The van der Waals surface area contributed by atoms with Crippen LogP contribution in [0.1, 0.15) is 37.3 Å². The normalized spacial score (nSPS) is 12.1. The van der Waals surface area contributed by atoms with Crippen LogP contribution in [0, 0.1) is 0 Å². The maximum absolute atomic E-state index is 10.5. The largest absolute Gasteiger partial charge is 0.493 e. The lowest BCUT2D eigenvalue weighted by molar-refractivity contribution is 0.150. The molecule has 0 saturated carbocycles. The van der Waals surface area contributed by atoms with Crippen LogP contribution in [-0.2, 0) is 13.0 Å². The van der Waals surface area contributed by atoms with Gasteiger partial charge in [0.25, 0.3) is 0 Å². The number of ether oxygens (including phenoxy) is 2. The van der Waals surface area contributed by atoms with Crippen LogP contribution in [0.4, 0.5) is 0 Å². The molecule has 5 heteroatoms. The average molecular weight is 380 g/mol. The Morgan fingerprint density at radius 3 is 2.79 bits per heavy atom. The van der Waals surface area contributed by atoms with Gasteiger partial charge in [-0.1, -0.05) is 37.6 Å². The summed E-state index contributed by atoms with van der Waals surface area (Å²) in [6.45, 7) is 6.87. The lowest BCUT2D eigenvalue weighted by Crippen LogP contribution is -2.14. The highest BCUT2D eigenvalue weighted by molar-refractivity contribution is 5.76. The van der Waals surface area contributed by atoms with Crippen LogP contribution >= 0.6 is 0 Å². The van der Waals surface area contributed by atoms with Gasteiger partial charge in [-0.2, -0.15) is 0 Å². The van der Waals surface area contributed by atoms with Crippen LogP contribution in [-0.4, -0.2) is 28.4 Å². The van der Waals surface area contributed by atoms with E-state index in [0.29, 0.717) is 36.9 Å². The lowest BCUT2D eigenvalue weighted by atomic mass is 10.1. The first kappa shape index (κ1) is 20.0. The molecular formula is C23H28N2O3. The number of hydrogen-bond donors (Lipinski definition) is 1. The monoisotopic (exact) mass is 380 g/mol. The summed E-state index contributed by atoms with van der Waals surface area (Å²) in [5.41, 5.74) is 3.02. The number of aromatic nitrogens is 2. The van der Waals surface area contributed by atoms with Crippen molar-refractivity contribution in [2.45, 2.75) is 38.8 Å². The van der Waals surface area contributed by atoms with Gasteiger partial charge in [-0.3, -0.25) is 0 Å². The summed E-state index contributed by atoms with van der Waals surface area (Å²) < 4.78 is 13.5. The van der Waals surface area contributed by atoms with E-state index in [1.807, 2.05) is 53.1 Å². The van der Waals surface area contributed by atoms with Crippen LogP contribution in [0.3, 0.4) is 0 Å². The van der Waals surface area contributed by atoms with Crippen molar-refractivity contribution >= 4 is 11.0 Å². The predicted octanol–water partition coefficient (Wildman–Crippen LogP) is 4.69. The molecule has 1 unspecified atom stereocenters. The number of hydrogen-bond acceptors (Lipinski definition) is 4. The summed E-state index contributed by atoms with van der Waals surface area (Å²) in [7, 11) is 1.64. The van der Waals surface area contributed by atoms with Crippen LogP contribution in [0.5, 0.6) is 11.5 Å². The highest BCUT2D eigenvalue weighted by atomic mass is 16.5. The van der Waals surface area contributed by atoms with Crippen LogP contribution in [0.25, 0.3) is 11.0 Å². The molecule has 1 aromatic heterocycles. The van der Waals surface area contributed by atoms with E-state index in [4.69, 9.17) is 9.47 Å². The molecule has 0 aliphatic rings. The molecule has 2 aromatic carbocycles. The Hall–Kier alpha value is -2.79. The Kier molecular flexibility index (Phi) is 6.71. The van der Waals surface area contributed by atoms with Gasteiger partial charge in [0.15, 0.2) is 11.5 Å². The number of rotatable bonds is 10. The van der Waals surface area contributed by atoms with E-state index in [9.17, 15) is 5.11 Å². The fourth-order valence-corrected chi connectivity index (χ4v) is 3.36. The molecule has 28 heavy (non-hydrogen) atoms. The van der Waals surface area contributed by atoms with Gasteiger partial charge >= 0.3 is 0 Å². The van der Waals surface area contributed by atoms with Crippen molar-refractivity contribution in [3.05, 3.63) is 66.5 Å². The number of imidazole rings is 1. The third-order valence-electron chi connectivity index (χ3n) is 4.72. The number of methoxy groups -OCH3 is 1. The van der Waals surface area contributed by atoms with E-state index in [2.05, 4.69) is 18.5 Å². The second-order valence-corrected chi connectivity index (χ2v) is 6.74. The topological polar surface area (TPSA) is 56.5 Å². The molecule has 5 nitrogen and oxygen atoms in total. The molecule has 0 bridgehead atoms. The molecule has 3 rings (SSSR count). The summed E-state index contributed by atoms with van der Waals surface area (Å²) in [6.07, 6.45) is 3.65. The predicted molar refractivity (Wildman–Crippen MR) is 112 cm³/mol. The third-order valence-corrected chi connectivity index (χ3v) is 4.72. The standard InChI is InChI=1S/C23H28N2O3/c1-4-8-17-12-13-21(22(16-17)27-3)28-15-14-25-19-11-7-6-10-18(19)24-23(25)20(26)9-5-2/h4,6-7,10-13,16,20,26H,1,5,8-9,14-15H2,2-3H3. The molecule has 0 saturated heterocycles. The summed E-state index contributed by atoms with van der Waals surface area (Å²) >= 11 is 0. The van der Waals surface area contributed by atoms with E-state index >= 15 is 0 Å². The smallest absolute Gasteiger partial charge is 0.161 e. The van der Waals surface area contributed by atoms with Crippen molar-refractivity contribution in [3.8, 4) is 11.5 Å². The molecule has 148 valence electrons. The van der Waals surface area contributed by atoms with Crippen molar-refractivity contribution in [2.24, 2.45) is 0 Å². The van der Waals surface area contributed by atoms with Crippen molar-refractivity contribution in [2.75, 3.05) is 13.7 Å². The van der Waals surface area contributed by atoms with Crippen molar-refractivity contribution in [1.29, 1.82) is 0 Å². The Balaban J connectivity index is 1.78. The number of fused-ring (bicyclic) bond motifs is 1. The minimum absolute atomic E-state index is 0.448. The van der Waals surface area contributed by atoms with Crippen molar-refractivity contribution in [3.63, 3.8) is 0 Å². The fraction of sp³-hybridized carbons (Fsp3) is 0.348. The number of para-hydroxylation sites is 2. The van der Waals surface area contributed by atoms with Gasteiger partial charge in [0.2, 0.25) is 0 Å². The number of benzene rings is 2. The quantitative estimate of drug-likeness (QED) is 0.519. The van der Waals surface area contributed by atoms with Crippen molar-refractivity contribution in [1.82, 2.24) is 9.55 Å². The molecular weight excluding hydrogens is 352 g/mol. The SMILES string of the molecule is C=CCc1ccc(OCCn2c(C(O)CCC)nc3ccccc32)c(OC)c1. The minimum Gasteiger partial charge on any atom is -0.493 e. The molecule has 3 aromatic rings. The molecule has 1 atom stereocenters. The molecule has 1 N–H and O–H groups in total. The summed E-state index contributed by atoms with van der Waals surface area (Å²) in [5, 5.41) is 10.5. The number of allylic oxidation sites excluding steroid dienone is 1.